The Bertz CT molecular complexity index is 819. The van der Waals surface area contributed by atoms with Gasteiger partial charge in [-0.2, -0.15) is 0 Å². The van der Waals surface area contributed by atoms with Gasteiger partial charge in [0.1, 0.15) is 5.75 Å². The second-order valence-electron chi connectivity index (χ2n) is 4.71. The molecule has 1 amide bonds. The quantitative estimate of drug-likeness (QED) is 0.796. The first kappa shape index (κ1) is 18.5. The summed E-state index contributed by atoms with van der Waals surface area (Å²) in [6.07, 6.45) is 0. The Hall–Kier alpha value is -1.80. The maximum absolute atomic E-state index is 12.1. The number of sulfonamides is 1. The van der Waals surface area contributed by atoms with E-state index in [1.54, 1.807) is 0 Å². The van der Waals surface area contributed by atoms with E-state index in [4.69, 9.17) is 27.9 Å². The Kier molecular flexibility index (Phi) is 6.06. The van der Waals surface area contributed by atoms with Crippen LogP contribution < -0.4 is 14.8 Å². The van der Waals surface area contributed by atoms with Crippen LogP contribution in [0.1, 0.15) is 0 Å². The number of amides is 1. The molecule has 0 radical (unpaired) electrons. The van der Waals surface area contributed by atoms with Gasteiger partial charge in [0.2, 0.25) is 15.9 Å². The number of anilines is 1. The van der Waals surface area contributed by atoms with Crippen molar-refractivity contribution in [2.24, 2.45) is 0 Å². The third-order valence-electron chi connectivity index (χ3n) is 2.94. The van der Waals surface area contributed by atoms with Crippen LogP contribution in [0, 0.1) is 0 Å². The minimum Gasteiger partial charge on any atom is -0.497 e. The molecule has 0 saturated carbocycles. The first-order valence-electron chi connectivity index (χ1n) is 6.70. The van der Waals surface area contributed by atoms with E-state index < -0.39 is 22.5 Å². The van der Waals surface area contributed by atoms with Crippen LogP contribution in [-0.4, -0.2) is 28.0 Å². The predicted octanol–water partition coefficient (Wildman–Crippen LogP) is 2.92. The summed E-state index contributed by atoms with van der Waals surface area (Å²) in [5.41, 5.74) is 0.376. The molecule has 0 aliphatic rings. The summed E-state index contributed by atoms with van der Waals surface area (Å²) < 4.78 is 31.4. The third-order valence-corrected chi connectivity index (χ3v) is 4.79. The van der Waals surface area contributed by atoms with Crippen LogP contribution in [0.3, 0.4) is 0 Å². The van der Waals surface area contributed by atoms with Crippen molar-refractivity contribution < 1.29 is 17.9 Å². The number of carbonyl (C=O) groups excluding carboxylic acids is 1. The molecule has 2 aromatic carbocycles. The van der Waals surface area contributed by atoms with E-state index in [2.05, 4.69) is 10.0 Å². The first-order valence-corrected chi connectivity index (χ1v) is 8.94. The molecular formula is C15H14Cl2N2O4S. The Morgan fingerprint density at radius 1 is 1.08 bits per heavy atom. The molecule has 0 unspecified atom stereocenters. The topological polar surface area (TPSA) is 84.5 Å². The monoisotopic (exact) mass is 388 g/mol. The molecule has 0 spiro atoms. The summed E-state index contributed by atoms with van der Waals surface area (Å²) in [5, 5.41) is 3.23. The van der Waals surface area contributed by atoms with Crippen molar-refractivity contribution in [2.75, 3.05) is 19.0 Å². The molecule has 6 nitrogen and oxygen atoms in total. The van der Waals surface area contributed by atoms with Gasteiger partial charge in [-0.05, 0) is 42.5 Å². The van der Waals surface area contributed by atoms with Gasteiger partial charge >= 0.3 is 0 Å². The molecule has 0 atom stereocenters. The molecule has 0 heterocycles. The van der Waals surface area contributed by atoms with Crippen LogP contribution in [0.5, 0.6) is 5.75 Å². The average Bonchev–Trinajstić information content (AvgIpc) is 2.52. The van der Waals surface area contributed by atoms with Crippen molar-refractivity contribution in [1.82, 2.24) is 4.72 Å². The highest BCUT2D eigenvalue weighted by atomic mass is 35.5. The molecule has 0 aromatic heterocycles. The van der Waals surface area contributed by atoms with Gasteiger partial charge in [0.15, 0.2) is 0 Å². The van der Waals surface area contributed by atoms with Gasteiger partial charge in [0.25, 0.3) is 0 Å². The molecule has 2 aromatic rings. The van der Waals surface area contributed by atoms with Crippen molar-refractivity contribution in [3.05, 3.63) is 52.5 Å². The fourth-order valence-electron chi connectivity index (χ4n) is 1.83. The van der Waals surface area contributed by atoms with E-state index in [0.717, 1.165) is 0 Å². The normalized spacial score (nSPS) is 11.1. The molecule has 2 N–H and O–H groups in total. The fraction of sp³-hybridized carbons (Fsp3) is 0.133. The lowest BCUT2D eigenvalue weighted by molar-refractivity contribution is -0.115. The van der Waals surface area contributed by atoms with Crippen molar-refractivity contribution in [1.29, 1.82) is 0 Å². The van der Waals surface area contributed by atoms with Crippen molar-refractivity contribution in [2.45, 2.75) is 4.90 Å². The van der Waals surface area contributed by atoms with Crippen LogP contribution in [0.25, 0.3) is 0 Å². The Labute approximate surface area is 149 Å². The van der Waals surface area contributed by atoms with Crippen LogP contribution in [-0.2, 0) is 14.8 Å². The number of nitrogens with one attached hydrogen (secondary N) is 2. The molecule has 128 valence electrons. The SMILES string of the molecule is COc1ccc(S(=O)(=O)NCC(=O)Nc2cc(Cl)cc(Cl)c2)cc1. The lowest BCUT2D eigenvalue weighted by Gasteiger charge is -2.09. The maximum Gasteiger partial charge on any atom is 0.241 e. The Morgan fingerprint density at radius 2 is 1.67 bits per heavy atom. The first-order chi connectivity index (χ1) is 11.3. The van der Waals surface area contributed by atoms with Gasteiger partial charge in [-0.25, -0.2) is 13.1 Å². The predicted molar refractivity (Wildman–Crippen MR) is 93.3 cm³/mol. The zero-order chi connectivity index (χ0) is 17.7. The second-order valence-corrected chi connectivity index (χ2v) is 7.35. The number of hydrogen-bond acceptors (Lipinski definition) is 4. The highest BCUT2D eigenvalue weighted by molar-refractivity contribution is 7.89. The molecule has 24 heavy (non-hydrogen) atoms. The number of carbonyl (C=O) groups is 1. The molecule has 0 bridgehead atoms. The van der Waals surface area contributed by atoms with E-state index in [9.17, 15) is 13.2 Å². The van der Waals surface area contributed by atoms with Crippen LogP contribution in [0.15, 0.2) is 47.4 Å². The lowest BCUT2D eigenvalue weighted by Crippen LogP contribution is -2.32. The molecule has 9 heteroatoms. The number of ether oxygens (including phenoxy) is 1. The number of hydrogen-bond donors (Lipinski definition) is 2. The van der Waals surface area contributed by atoms with E-state index >= 15 is 0 Å². The number of rotatable bonds is 6. The maximum atomic E-state index is 12.1. The van der Waals surface area contributed by atoms with Crippen molar-refractivity contribution >= 4 is 44.8 Å². The third kappa shape index (κ3) is 5.10. The highest BCUT2D eigenvalue weighted by Gasteiger charge is 2.15. The molecule has 2 rings (SSSR count). The summed E-state index contributed by atoms with van der Waals surface area (Å²) in [6, 6.07) is 10.3. The second kappa shape index (κ2) is 7.85. The number of benzene rings is 2. The van der Waals surface area contributed by atoms with Gasteiger partial charge in [0, 0.05) is 15.7 Å². The molecule has 0 aliphatic heterocycles. The zero-order valence-corrected chi connectivity index (χ0v) is 14.9. The van der Waals surface area contributed by atoms with Crippen LogP contribution in [0.4, 0.5) is 5.69 Å². The average molecular weight is 389 g/mol. The van der Waals surface area contributed by atoms with Crippen molar-refractivity contribution in [3.63, 3.8) is 0 Å². The fourth-order valence-corrected chi connectivity index (χ4v) is 3.34. The summed E-state index contributed by atoms with van der Waals surface area (Å²) in [7, 11) is -2.33. The van der Waals surface area contributed by atoms with Gasteiger partial charge in [-0.3, -0.25) is 4.79 Å². The van der Waals surface area contributed by atoms with Gasteiger partial charge in [-0.1, -0.05) is 23.2 Å². The van der Waals surface area contributed by atoms with E-state index in [0.29, 0.717) is 21.5 Å². The van der Waals surface area contributed by atoms with Crippen LogP contribution in [0.2, 0.25) is 10.0 Å². The van der Waals surface area contributed by atoms with Gasteiger partial charge in [0.05, 0.1) is 18.6 Å². The summed E-state index contributed by atoms with van der Waals surface area (Å²) >= 11 is 11.7. The number of methoxy groups -OCH3 is 1. The number of halogens is 2. The Morgan fingerprint density at radius 3 is 2.21 bits per heavy atom. The standard InChI is InChI=1S/C15H14Cl2N2O4S/c1-23-13-2-4-14(5-3-13)24(21,22)18-9-15(20)19-12-7-10(16)6-11(17)8-12/h2-8,18H,9H2,1H3,(H,19,20). The molecule has 0 fully saturated rings. The van der Waals surface area contributed by atoms with Crippen LogP contribution >= 0.6 is 23.2 Å². The Balaban J connectivity index is 1.99. The van der Waals surface area contributed by atoms with E-state index in [1.807, 2.05) is 0 Å². The van der Waals surface area contributed by atoms with Gasteiger partial charge in [-0.15, -0.1) is 0 Å². The lowest BCUT2D eigenvalue weighted by atomic mass is 10.3. The van der Waals surface area contributed by atoms with E-state index in [-0.39, 0.29) is 4.90 Å². The van der Waals surface area contributed by atoms with Crippen molar-refractivity contribution in [3.8, 4) is 5.75 Å². The van der Waals surface area contributed by atoms with E-state index in [1.165, 1.54) is 49.6 Å². The van der Waals surface area contributed by atoms with Gasteiger partial charge < -0.3 is 10.1 Å². The summed E-state index contributed by atoms with van der Waals surface area (Å²) in [6.45, 7) is -0.432. The summed E-state index contributed by atoms with van der Waals surface area (Å²) in [4.78, 5) is 11.9. The molecular weight excluding hydrogens is 375 g/mol. The minimum absolute atomic E-state index is 0.0295. The molecule has 0 saturated heterocycles. The largest absolute Gasteiger partial charge is 0.497 e. The molecule has 0 aliphatic carbocycles. The highest BCUT2D eigenvalue weighted by Crippen LogP contribution is 2.22. The smallest absolute Gasteiger partial charge is 0.241 e. The zero-order valence-electron chi connectivity index (χ0n) is 12.5. The summed E-state index contributed by atoms with van der Waals surface area (Å²) in [5.74, 6) is -0.0186. The minimum atomic E-state index is -3.81.